The van der Waals surface area contributed by atoms with Gasteiger partial charge in [-0.3, -0.25) is 4.98 Å². The molecule has 2 heterocycles. The SMILES string of the molecule is CCCNc1nc(OC)nc(OCCc2ccccn2)n1. The lowest BCUT2D eigenvalue weighted by Crippen LogP contribution is -2.10. The molecular weight excluding hydrogens is 270 g/mol. The van der Waals surface area contributed by atoms with Gasteiger partial charge >= 0.3 is 12.0 Å². The summed E-state index contributed by atoms with van der Waals surface area (Å²) in [6, 6.07) is 6.26. The number of aromatic nitrogens is 4. The number of anilines is 1. The topological polar surface area (TPSA) is 82.1 Å². The van der Waals surface area contributed by atoms with Crippen molar-refractivity contribution in [2.24, 2.45) is 0 Å². The average Bonchev–Trinajstić information content (AvgIpc) is 2.53. The third kappa shape index (κ3) is 4.87. The van der Waals surface area contributed by atoms with E-state index in [0.29, 0.717) is 19.0 Å². The van der Waals surface area contributed by atoms with Gasteiger partial charge in [0.05, 0.1) is 13.7 Å². The number of ether oxygens (including phenoxy) is 2. The van der Waals surface area contributed by atoms with Crippen LogP contribution in [0.2, 0.25) is 0 Å². The summed E-state index contributed by atoms with van der Waals surface area (Å²) in [5, 5.41) is 3.08. The minimum atomic E-state index is 0.233. The number of nitrogens with one attached hydrogen (secondary N) is 1. The van der Waals surface area contributed by atoms with Crippen LogP contribution in [0.5, 0.6) is 12.0 Å². The zero-order valence-electron chi connectivity index (χ0n) is 12.2. The van der Waals surface area contributed by atoms with Crippen LogP contribution < -0.4 is 14.8 Å². The average molecular weight is 289 g/mol. The van der Waals surface area contributed by atoms with Gasteiger partial charge in [0.1, 0.15) is 0 Å². The smallest absolute Gasteiger partial charge is 0.324 e. The summed E-state index contributed by atoms with van der Waals surface area (Å²) in [5.74, 6) is 0.455. The summed E-state index contributed by atoms with van der Waals surface area (Å²) < 4.78 is 10.6. The monoisotopic (exact) mass is 289 g/mol. The standard InChI is InChI=1S/C14H19N5O2/c1-3-8-16-12-17-13(20-2)19-14(18-12)21-10-7-11-6-4-5-9-15-11/h4-6,9H,3,7-8,10H2,1-2H3,(H,16,17,18,19). The largest absolute Gasteiger partial charge is 0.467 e. The van der Waals surface area contributed by atoms with E-state index < -0.39 is 0 Å². The minimum absolute atomic E-state index is 0.233. The Kier molecular flexibility index (Phi) is 5.69. The quantitative estimate of drug-likeness (QED) is 0.792. The van der Waals surface area contributed by atoms with E-state index in [1.807, 2.05) is 18.2 Å². The Morgan fingerprint density at radius 3 is 2.71 bits per heavy atom. The molecule has 0 fully saturated rings. The lowest BCUT2D eigenvalue weighted by Gasteiger charge is -2.08. The molecule has 0 unspecified atom stereocenters. The Balaban J connectivity index is 1.95. The molecule has 2 aromatic heterocycles. The highest BCUT2D eigenvalue weighted by Crippen LogP contribution is 2.12. The van der Waals surface area contributed by atoms with Crippen molar-refractivity contribution >= 4 is 5.95 Å². The minimum Gasteiger partial charge on any atom is -0.467 e. The Bertz CT molecular complexity index is 550. The molecule has 0 bridgehead atoms. The Labute approximate surface area is 123 Å². The van der Waals surface area contributed by atoms with Gasteiger partial charge < -0.3 is 14.8 Å². The zero-order chi connectivity index (χ0) is 14.9. The Hall–Kier alpha value is -2.44. The van der Waals surface area contributed by atoms with Crippen molar-refractivity contribution in [1.82, 2.24) is 19.9 Å². The van der Waals surface area contributed by atoms with Crippen LogP contribution in [0.25, 0.3) is 0 Å². The van der Waals surface area contributed by atoms with Crippen LogP contribution in [0, 0.1) is 0 Å². The van der Waals surface area contributed by atoms with E-state index in [4.69, 9.17) is 9.47 Å². The Morgan fingerprint density at radius 2 is 2.00 bits per heavy atom. The van der Waals surface area contributed by atoms with Crippen LogP contribution in [0.4, 0.5) is 5.95 Å². The van der Waals surface area contributed by atoms with Crippen molar-refractivity contribution in [3.8, 4) is 12.0 Å². The molecule has 0 saturated carbocycles. The van der Waals surface area contributed by atoms with Gasteiger partial charge in [-0.15, -0.1) is 4.98 Å². The molecule has 1 N–H and O–H groups in total. The molecule has 0 aromatic carbocycles. The van der Waals surface area contributed by atoms with Gasteiger partial charge in [0.15, 0.2) is 0 Å². The van der Waals surface area contributed by atoms with Gasteiger partial charge in [-0.1, -0.05) is 13.0 Å². The maximum atomic E-state index is 5.55. The van der Waals surface area contributed by atoms with Crippen molar-refractivity contribution < 1.29 is 9.47 Å². The molecule has 0 aliphatic carbocycles. The van der Waals surface area contributed by atoms with Crippen LogP contribution in [-0.2, 0) is 6.42 Å². The first kappa shape index (κ1) is 15.0. The molecule has 0 saturated heterocycles. The van der Waals surface area contributed by atoms with Crippen molar-refractivity contribution in [2.45, 2.75) is 19.8 Å². The van der Waals surface area contributed by atoms with Gasteiger partial charge in [-0.25, -0.2) is 0 Å². The predicted molar refractivity (Wildman–Crippen MR) is 78.6 cm³/mol. The summed E-state index contributed by atoms with van der Waals surface area (Å²) in [6.07, 6.45) is 3.42. The van der Waals surface area contributed by atoms with Crippen molar-refractivity contribution in [3.63, 3.8) is 0 Å². The van der Waals surface area contributed by atoms with Crippen LogP contribution in [-0.4, -0.2) is 40.2 Å². The second-order valence-corrected chi connectivity index (χ2v) is 4.27. The van der Waals surface area contributed by atoms with Crippen LogP contribution >= 0.6 is 0 Å². The van der Waals surface area contributed by atoms with E-state index in [1.54, 1.807) is 6.20 Å². The predicted octanol–water partition coefficient (Wildman–Crippen LogP) is 1.72. The molecule has 7 heteroatoms. The first-order valence-electron chi connectivity index (χ1n) is 6.88. The van der Waals surface area contributed by atoms with Gasteiger partial charge in [0.2, 0.25) is 5.95 Å². The van der Waals surface area contributed by atoms with E-state index >= 15 is 0 Å². The molecule has 0 atom stereocenters. The third-order valence-electron chi connectivity index (χ3n) is 2.63. The second kappa shape index (κ2) is 7.98. The van der Waals surface area contributed by atoms with Crippen LogP contribution in [0.1, 0.15) is 19.0 Å². The summed E-state index contributed by atoms with van der Waals surface area (Å²) in [6.45, 7) is 3.29. The number of nitrogens with zero attached hydrogens (tertiary/aromatic N) is 4. The second-order valence-electron chi connectivity index (χ2n) is 4.27. The number of pyridine rings is 1. The molecule has 0 aliphatic heterocycles. The zero-order valence-corrected chi connectivity index (χ0v) is 12.2. The fraction of sp³-hybridized carbons (Fsp3) is 0.429. The number of rotatable bonds is 8. The first-order chi connectivity index (χ1) is 10.3. The summed E-state index contributed by atoms with van der Waals surface area (Å²) in [5.41, 5.74) is 0.961. The fourth-order valence-electron chi connectivity index (χ4n) is 1.60. The van der Waals surface area contributed by atoms with Crippen molar-refractivity contribution in [2.75, 3.05) is 25.6 Å². The third-order valence-corrected chi connectivity index (χ3v) is 2.63. The van der Waals surface area contributed by atoms with Crippen molar-refractivity contribution in [1.29, 1.82) is 0 Å². The number of hydrogen-bond donors (Lipinski definition) is 1. The maximum absolute atomic E-state index is 5.55. The van der Waals surface area contributed by atoms with Gasteiger partial charge in [0, 0.05) is 24.9 Å². The van der Waals surface area contributed by atoms with Crippen LogP contribution in [0.15, 0.2) is 24.4 Å². The molecule has 7 nitrogen and oxygen atoms in total. The van der Waals surface area contributed by atoms with Gasteiger partial charge in [-0.05, 0) is 18.6 Å². The highest BCUT2D eigenvalue weighted by atomic mass is 16.5. The Morgan fingerprint density at radius 1 is 1.14 bits per heavy atom. The summed E-state index contributed by atoms with van der Waals surface area (Å²) in [4.78, 5) is 16.6. The van der Waals surface area contributed by atoms with Gasteiger partial charge in [-0.2, -0.15) is 9.97 Å². The molecule has 112 valence electrons. The van der Waals surface area contributed by atoms with E-state index in [9.17, 15) is 0 Å². The summed E-state index contributed by atoms with van der Waals surface area (Å²) >= 11 is 0. The molecule has 0 amide bonds. The molecule has 2 aromatic rings. The molecule has 0 spiro atoms. The molecule has 2 rings (SSSR count). The van der Waals surface area contributed by atoms with E-state index in [0.717, 1.165) is 18.7 Å². The maximum Gasteiger partial charge on any atom is 0.324 e. The molecule has 0 radical (unpaired) electrons. The number of hydrogen-bond acceptors (Lipinski definition) is 7. The van der Waals surface area contributed by atoms with E-state index in [2.05, 4.69) is 32.2 Å². The molecular formula is C14H19N5O2. The van der Waals surface area contributed by atoms with Crippen LogP contribution in [0.3, 0.4) is 0 Å². The lowest BCUT2D eigenvalue weighted by molar-refractivity contribution is 0.284. The van der Waals surface area contributed by atoms with E-state index in [-0.39, 0.29) is 12.0 Å². The fourth-order valence-corrected chi connectivity index (χ4v) is 1.60. The van der Waals surface area contributed by atoms with E-state index in [1.165, 1.54) is 7.11 Å². The van der Waals surface area contributed by atoms with Crippen molar-refractivity contribution in [3.05, 3.63) is 30.1 Å². The first-order valence-corrected chi connectivity index (χ1v) is 6.88. The summed E-state index contributed by atoms with van der Waals surface area (Å²) in [7, 11) is 1.51. The number of methoxy groups -OCH3 is 1. The highest BCUT2D eigenvalue weighted by molar-refractivity contribution is 5.27. The van der Waals surface area contributed by atoms with Gasteiger partial charge in [0.25, 0.3) is 0 Å². The molecule has 21 heavy (non-hydrogen) atoms. The highest BCUT2D eigenvalue weighted by Gasteiger charge is 2.07. The lowest BCUT2D eigenvalue weighted by atomic mass is 10.3. The molecule has 0 aliphatic rings. The normalized spacial score (nSPS) is 10.2.